The van der Waals surface area contributed by atoms with Crippen LogP contribution in [0.25, 0.3) is 67.3 Å². The molecule has 6 aromatic carbocycles. The molecule has 33 heteroatoms. The van der Waals surface area contributed by atoms with Crippen LogP contribution in [0.15, 0.2) is 164 Å². The lowest BCUT2D eigenvalue weighted by molar-refractivity contribution is 0.0591. The van der Waals surface area contributed by atoms with E-state index in [2.05, 4.69) is 155 Å². The zero-order chi connectivity index (χ0) is 81.3. The summed E-state index contributed by atoms with van der Waals surface area (Å²) in [6, 6.07) is 51.8. The van der Waals surface area contributed by atoms with Crippen LogP contribution in [-0.2, 0) is 46.6 Å². The highest BCUT2D eigenvalue weighted by molar-refractivity contribution is 14.1. The molecule has 610 valence electrons. The molecule has 6 aromatic heterocycles. The van der Waals surface area contributed by atoms with Gasteiger partial charge in [0.2, 0.25) is 0 Å². The van der Waals surface area contributed by atoms with Crippen molar-refractivity contribution in [1.29, 1.82) is 0 Å². The van der Waals surface area contributed by atoms with Gasteiger partial charge >= 0.3 is 29.9 Å². The fourth-order valence-electron chi connectivity index (χ4n) is 12.4. The van der Waals surface area contributed by atoms with Crippen LogP contribution in [0.1, 0.15) is 31.1 Å². The Morgan fingerprint density at radius 1 is 0.491 bits per heavy atom. The molecule has 3 aliphatic heterocycles. The molecule has 3 saturated heterocycles. The van der Waals surface area contributed by atoms with Gasteiger partial charge < -0.3 is 72.5 Å². The molecule has 116 heavy (non-hydrogen) atoms. The van der Waals surface area contributed by atoms with Gasteiger partial charge in [-0.25, -0.2) is 34.3 Å². The lowest BCUT2D eigenvalue weighted by Crippen LogP contribution is -2.36. The largest absolute Gasteiger partial charge is 0.508 e. The molecule has 15 rings (SSSR count). The Morgan fingerprint density at radius 3 is 1.35 bits per heavy atom. The number of rotatable bonds is 23. The molecule has 0 aliphatic carbocycles. The summed E-state index contributed by atoms with van der Waals surface area (Å²) in [4.78, 5) is 72.1. The van der Waals surface area contributed by atoms with Gasteiger partial charge in [0.25, 0.3) is 0 Å². The SMILES string of the molecule is COC(=O)c1cccc(O)c1.COC(=O)c1cccc(Oc2nc3cc(Cl)c(-c4ccc(N5CCOCC5)cc4)nc3n2COCC[Si](C)(C)C)c1.C[Si](C)(C)CCOCn1c(I)nc2cc(Cl)c(-c3ccc(N4CCOCC4)cc3)nc21.O=C(O)c1cccc(Oc2nc3nc(-c4ccc(N5CCOCC5)cc4)c(Cl)cc3[nH]2)c1.[BH4-]. The number of carboxylic acid groups (broad SMARTS) is 1. The van der Waals surface area contributed by atoms with Gasteiger partial charge in [0.1, 0.15) is 41.7 Å². The van der Waals surface area contributed by atoms with E-state index in [1.165, 1.54) is 44.2 Å². The standard InChI is InChI=1S/C30H35ClN4O5Si.C23H19ClN4O4.C22H28ClIN4O2Si.C8H8O3.BH4/c1-37-29(36)22-6-5-7-24(18-22)40-30-32-26-19-25(31)27(33-28(26)35(30)20-39-16-17-41(2,3)4)21-8-10-23(11-9-21)34-12-14-38-15-13-34;24-18-13-19-21(27-23(25-19)32-17-3-1-2-15(12-17)22(29)30)26-20(18)14-4-6-16(7-5-14)28-8-10-31-11-9-28;1-31(2,3)13-12-30-15-28-21-19(25-22(28)24)14-18(23)20(26-21)16-4-6-17(7-5-16)27-8-10-29-11-9-27;1-11-8(10)6-3-2-4-7(9)5-6;/h5-11,18-19H,12-17,20H2,1-4H3;1-7,12-13H,8-11H2,(H,29,30)(H,25,26,27);4-7,14H,8-13,15H2,1-3H3;2-5,9H,1H3;1H4/q;;;;-1. The second-order valence-electron chi connectivity index (χ2n) is 29.4. The number of carboxylic acids is 1. The predicted octanol–water partition coefficient (Wildman–Crippen LogP) is 16.3. The molecule has 3 aliphatic rings. The molecular weight excluding hydrogens is 1690 g/mol. The predicted molar refractivity (Wildman–Crippen MR) is 472 cm³/mol. The minimum absolute atomic E-state index is 0. The molecule has 9 heterocycles. The van der Waals surface area contributed by atoms with Crippen molar-refractivity contribution < 1.29 is 67.2 Å². The zero-order valence-corrected chi connectivity index (χ0v) is 71.5. The van der Waals surface area contributed by atoms with Crippen molar-refractivity contribution in [3.05, 3.63) is 199 Å². The number of aromatic carboxylic acids is 1. The average Bonchev–Trinajstić information content (AvgIpc) is 1.60. The first kappa shape index (κ1) is 87.1. The summed E-state index contributed by atoms with van der Waals surface area (Å²) in [5, 5.41) is 19.7. The number of halogens is 4. The molecule has 0 amide bonds. The molecule has 0 bridgehead atoms. The van der Waals surface area contributed by atoms with Crippen LogP contribution in [0.5, 0.6) is 29.3 Å². The Balaban J connectivity index is 0.000000161. The Kier molecular flexibility index (Phi) is 30.4. The zero-order valence-electron chi connectivity index (χ0n) is 65.0. The fourth-order valence-corrected chi connectivity index (χ4v) is 15.3. The van der Waals surface area contributed by atoms with Gasteiger partial charge in [-0.05, 0) is 121 Å². The number of hydrogen-bond acceptors (Lipinski definition) is 22. The number of aromatic hydroxyl groups is 1. The number of fused-ring (bicyclic) bond motifs is 3. The molecule has 3 N–H and O–H groups in total. The third-order valence-electron chi connectivity index (χ3n) is 18.7. The second-order valence-corrected chi connectivity index (χ2v) is 42.8. The molecule has 0 atom stereocenters. The Morgan fingerprint density at radius 2 is 0.897 bits per heavy atom. The van der Waals surface area contributed by atoms with Crippen LogP contribution < -0.4 is 24.2 Å². The van der Waals surface area contributed by atoms with Crippen LogP contribution in [0.2, 0.25) is 66.4 Å². The number of hydrogen-bond donors (Lipinski definition) is 3. The number of aromatic nitrogens is 9. The molecule has 12 aromatic rings. The first-order chi connectivity index (χ1) is 55.3. The minimum atomic E-state index is -1.27. The number of anilines is 3. The molecule has 26 nitrogen and oxygen atoms in total. The number of aromatic amines is 1. The van der Waals surface area contributed by atoms with Crippen molar-refractivity contribution in [2.24, 2.45) is 0 Å². The van der Waals surface area contributed by atoms with Crippen molar-refractivity contribution in [3.8, 4) is 63.0 Å². The normalized spacial score (nSPS) is 13.7. The average molecular weight is 1780 g/mol. The first-order valence-corrected chi connectivity index (χ1v) is 47.0. The highest BCUT2D eigenvalue weighted by Crippen LogP contribution is 2.37. The summed E-state index contributed by atoms with van der Waals surface area (Å²) >= 11 is 22.1. The Labute approximate surface area is 705 Å². The minimum Gasteiger partial charge on any atom is -0.508 e. The van der Waals surface area contributed by atoms with Gasteiger partial charge in [-0.1, -0.05) is 137 Å². The maximum atomic E-state index is 12.1. The number of carbonyl (C=O) groups excluding carboxylic acids is 2. The Hall–Kier alpha value is -9.71. The second kappa shape index (κ2) is 40.4. The van der Waals surface area contributed by atoms with E-state index in [1.54, 1.807) is 65.2 Å². The first-order valence-electron chi connectivity index (χ1n) is 37.4. The highest BCUT2D eigenvalue weighted by atomic mass is 127. The number of carbonyl (C=O) groups is 3. The van der Waals surface area contributed by atoms with Crippen LogP contribution in [0, 0.1) is 3.83 Å². The van der Waals surface area contributed by atoms with E-state index >= 15 is 0 Å². The maximum absolute atomic E-state index is 12.1. The van der Waals surface area contributed by atoms with Gasteiger partial charge in [-0.15, -0.1) is 0 Å². The number of methoxy groups -OCH3 is 2. The smallest absolute Gasteiger partial charge is 0.337 e. The van der Waals surface area contributed by atoms with Crippen molar-refractivity contribution >= 4 is 150 Å². The van der Waals surface area contributed by atoms with Crippen molar-refractivity contribution in [1.82, 2.24) is 44.0 Å². The van der Waals surface area contributed by atoms with E-state index in [4.69, 9.17) is 92.9 Å². The lowest BCUT2D eigenvalue weighted by Gasteiger charge is -2.28. The van der Waals surface area contributed by atoms with Gasteiger partial charge in [-0.3, -0.25) is 9.13 Å². The van der Waals surface area contributed by atoms with Gasteiger partial charge in [0, 0.05) is 125 Å². The number of morpholine rings is 3. The molecular formula is C83H94BCl3IN12O14Si2-. The number of nitrogens with zero attached hydrogens (tertiary/aromatic N) is 11. The number of nitrogens with one attached hydrogen (secondary N) is 1. The van der Waals surface area contributed by atoms with E-state index in [0.717, 1.165) is 146 Å². The molecule has 0 saturated carbocycles. The third kappa shape index (κ3) is 23.3. The van der Waals surface area contributed by atoms with E-state index in [1.807, 2.05) is 34.9 Å². The summed E-state index contributed by atoms with van der Waals surface area (Å²) in [5.74, 6) is -1.06. The van der Waals surface area contributed by atoms with Gasteiger partial charge in [-0.2, -0.15) is 9.97 Å². The quantitative estimate of drug-likeness (QED) is 0.0232. The van der Waals surface area contributed by atoms with Crippen LogP contribution >= 0.6 is 57.4 Å². The summed E-state index contributed by atoms with van der Waals surface area (Å²) in [7, 11) is 0.247. The molecule has 0 radical (unpaired) electrons. The summed E-state index contributed by atoms with van der Waals surface area (Å²) in [6.07, 6.45) is 0. The van der Waals surface area contributed by atoms with E-state index in [0.29, 0.717) is 90.8 Å². The van der Waals surface area contributed by atoms with E-state index in [9.17, 15) is 14.4 Å². The highest BCUT2D eigenvalue weighted by Gasteiger charge is 2.24. The lowest BCUT2D eigenvalue weighted by atomic mass is 10.1. The Bertz CT molecular complexity index is 5350. The molecule has 3 fully saturated rings. The van der Waals surface area contributed by atoms with Crippen molar-refractivity contribution in [2.45, 2.75) is 64.8 Å². The molecule has 0 spiro atoms. The number of ether oxygens (including phenoxy) is 9. The maximum Gasteiger partial charge on any atom is 0.337 e. The van der Waals surface area contributed by atoms with Crippen molar-refractivity contribution in [3.63, 3.8) is 0 Å². The summed E-state index contributed by atoms with van der Waals surface area (Å²) < 4.78 is 54.2. The van der Waals surface area contributed by atoms with E-state index in [-0.39, 0.29) is 32.5 Å². The van der Waals surface area contributed by atoms with E-state index < -0.39 is 34.1 Å². The van der Waals surface area contributed by atoms with Crippen molar-refractivity contribution in [2.75, 3.05) is 121 Å². The number of benzene rings is 6. The number of phenolic OH excluding ortho intramolecular Hbond substituents is 1. The number of pyridine rings is 3. The number of esters is 2. The topological polar surface area (TPSA) is 287 Å². The molecule has 0 unspecified atom stereocenters. The fraction of sp³-hybridized carbons (Fsp3) is 0.313. The van der Waals surface area contributed by atoms with Crippen LogP contribution in [0.4, 0.5) is 17.1 Å². The monoisotopic (exact) mass is 1780 g/mol. The number of imidazole rings is 3. The van der Waals surface area contributed by atoms with Crippen LogP contribution in [0.3, 0.4) is 0 Å². The van der Waals surface area contributed by atoms with Gasteiger partial charge in [0.15, 0.2) is 20.8 Å². The van der Waals surface area contributed by atoms with Crippen LogP contribution in [-0.4, -0.2) is 203 Å². The third-order valence-corrected chi connectivity index (χ3v) is 23.8. The van der Waals surface area contributed by atoms with Gasteiger partial charge in [0.05, 0.1) is 108 Å². The number of H-pyrrole nitrogens is 1. The summed E-state index contributed by atoms with van der Waals surface area (Å²) in [6.45, 7) is 25.8. The summed E-state index contributed by atoms with van der Waals surface area (Å²) in [5.41, 5.74) is 13.0. The number of phenols is 1.